The summed E-state index contributed by atoms with van der Waals surface area (Å²) in [6, 6.07) is 0. The van der Waals surface area contributed by atoms with Crippen LogP contribution in [0.1, 0.15) is 51.4 Å². The maximum atomic E-state index is 12.4. The Morgan fingerprint density at radius 3 is 1.96 bits per heavy atom. The lowest BCUT2D eigenvalue weighted by Gasteiger charge is -2.31. The zero-order chi connectivity index (χ0) is 19.4. The summed E-state index contributed by atoms with van der Waals surface area (Å²) in [7, 11) is 0. The van der Waals surface area contributed by atoms with Gasteiger partial charge in [0.05, 0.1) is 5.92 Å². The lowest BCUT2D eigenvalue weighted by Crippen LogP contribution is -2.39. The number of hydrogen-bond donors (Lipinski definition) is 2. The molecule has 1 heterocycles. The minimum absolute atomic E-state index is 0.000264. The van der Waals surface area contributed by atoms with Crippen molar-refractivity contribution in [2.75, 3.05) is 13.1 Å². The lowest BCUT2D eigenvalue weighted by molar-refractivity contribution is -0.143. The van der Waals surface area contributed by atoms with E-state index in [2.05, 4.69) is 5.32 Å². The van der Waals surface area contributed by atoms with Crippen LogP contribution in [0.25, 0.3) is 0 Å². The van der Waals surface area contributed by atoms with Gasteiger partial charge in [0.25, 0.3) is 11.8 Å². The number of aliphatic carboxylic acids is 1. The molecule has 2 saturated carbocycles. The van der Waals surface area contributed by atoms with Gasteiger partial charge in [-0.25, -0.2) is 0 Å². The highest BCUT2D eigenvalue weighted by Crippen LogP contribution is 2.31. The molecule has 3 aliphatic rings. The monoisotopic (exact) mass is 376 g/mol. The van der Waals surface area contributed by atoms with Crippen LogP contribution in [0.2, 0.25) is 0 Å². The average Bonchev–Trinajstić information content (AvgIpc) is 2.99. The van der Waals surface area contributed by atoms with E-state index in [1.807, 2.05) is 0 Å². The first kappa shape index (κ1) is 19.6. The third kappa shape index (κ3) is 4.96. The molecule has 2 fully saturated rings. The average molecular weight is 376 g/mol. The highest BCUT2D eigenvalue weighted by Gasteiger charge is 2.32. The van der Waals surface area contributed by atoms with Crippen LogP contribution in [0.4, 0.5) is 0 Å². The van der Waals surface area contributed by atoms with E-state index in [0.29, 0.717) is 31.8 Å². The van der Waals surface area contributed by atoms with Crippen molar-refractivity contribution in [1.82, 2.24) is 10.2 Å². The van der Waals surface area contributed by atoms with Crippen molar-refractivity contribution < 1.29 is 24.3 Å². The quantitative estimate of drug-likeness (QED) is 0.687. The largest absolute Gasteiger partial charge is 0.481 e. The van der Waals surface area contributed by atoms with E-state index in [1.165, 1.54) is 17.1 Å². The second-order valence-electron chi connectivity index (χ2n) is 8.14. The van der Waals surface area contributed by atoms with E-state index in [-0.39, 0.29) is 35.5 Å². The molecule has 7 heteroatoms. The molecule has 0 spiro atoms. The van der Waals surface area contributed by atoms with Gasteiger partial charge in [-0.2, -0.15) is 0 Å². The SMILES string of the molecule is O=C(O)C1CCC(CNC(=O)[C@H]2CC[C@H](CN3C(=O)C=CC3=O)CC2)CC1. The molecular weight excluding hydrogens is 348 g/mol. The Labute approximate surface area is 159 Å². The molecule has 27 heavy (non-hydrogen) atoms. The van der Waals surface area contributed by atoms with E-state index < -0.39 is 5.97 Å². The number of rotatable bonds is 6. The zero-order valence-corrected chi connectivity index (χ0v) is 15.6. The first-order chi connectivity index (χ1) is 12.9. The molecule has 3 amide bonds. The summed E-state index contributed by atoms with van der Waals surface area (Å²) in [6.07, 6.45) is 8.99. The summed E-state index contributed by atoms with van der Waals surface area (Å²) >= 11 is 0. The Kier molecular flexibility index (Phi) is 6.29. The molecule has 148 valence electrons. The van der Waals surface area contributed by atoms with Crippen LogP contribution in [0.15, 0.2) is 12.2 Å². The maximum absolute atomic E-state index is 12.4. The molecule has 0 unspecified atom stereocenters. The van der Waals surface area contributed by atoms with Crippen LogP contribution in [0.3, 0.4) is 0 Å². The number of imide groups is 1. The van der Waals surface area contributed by atoms with E-state index in [4.69, 9.17) is 5.11 Å². The lowest BCUT2D eigenvalue weighted by atomic mass is 9.80. The number of carboxylic acids is 1. The molecule has 2 aliphatic carbocycles. The van der Waals surface area contributed by atoms with Gasteiger partial charge in [0.15, 0.2) is 0 Å². The number of carbonyl (C=O) groups is 4. The number of hydrogen-bond acceptors (Lipinski definition) is 4. The summed E-state index contributed by atoms with van der Waals surface area (Å²) in [5.74, 6) is -0.675. The number of nitrogens with zero attached hydrogens (tertiary/aromatic N) is 1. The fourth-order valence-corrected chi connectivity index (χ4v) is 4.48. The number of carboxylic acid groups (broad SMARTS) is 1. The van der Waals surface area contributed by atoms with E-state index >= 15 is 0 Å². The second-order valence-corrected chi connectivity index (χ2v) is 8.14. The predicted octanol–water partition coefficient (Wildman–Crippen LogP) is 1.72. The molecule has 3 rings (SSSR count). The van der Waals surface area contributed by atoms with Crippen LogP contribution in [0, 0.1) is 23.7 Å². The summed E-state index contributed by atoms with van der Waals surface area (Å²) in [5.41, 5.74) is 0. The molecular formula is C20H28N2O5. The van der Waals surface area contributed by atoms with Crippen molar-refractivity contribution in [2.45, 2.75) is 51.4 Å². The predicted molar refractivity (Wildman–Crippen MR) is 97.4 cm³/mol. The van der Waals surface area contributed by atoms with Gasteiger partial charge >= 0.3 is 5.97 Å². The summed E-state index contributed by atoms with van der Waals surface area (Å²) in [5, 5.41) is 12.1. The smallest absolute Gasteiger partial charge is 0.306 e. The van der Waals surface area contributed by atoms with Crippen LogP contribution in [0.5, 0.6) is 0 Å². The Bertz CT molecular complexity index is 610. The minimum atomic E-state index is -0.706. The first-order valence-electron chi connectivity index (χ1n) is 9.98. The van der Waals surface area contributed by atoms with Crippen molar-refractivity contribution >= 4 is 23.7 Å². The summed E-state index contributed by atoms with van der Waals surface area (Å²) < 4.78 is 0. The van der Waals surface area contributed by atoms with Crippen LogP contribution in [-0.4, -0.2) is 46.8 Å². The maximum Gasteiger partial charge on any atom is 0.306 e. The molecule has 1 aliphatic heterocycles. The Morgan fingerprint density at radius 2 is 1.41 bits per heavy atom. The van der Waals surface area contributed by atoms with Gasteiger partial charge in [0.1, 0.15) is 0 Å². The summed E-state index contributed by atoms with van der Waals surface area (Å²) in [4.78, 5) is 48.0. The number of amides is 3. The molecule has 0 aromatic heterocycles. The fourth-order valence-electron chi connectivity index (χ4n) is 4.48. The van der Waals surface area contributed by atoms with Crippen molar-refractivity contribution in [3.8, 4) is 0 Å². The molecule has 0 aromatic rings. The zero-order valence-electron chi connectivity index (χ0n) is 15.6. The van der Waals surface area contributed by atoms with Crippen molar-refractivity contribution in [1.29, 1.82) is 0 Å². The van der Waals surface area contributed by atoms with Crippen molar-refractivity contribution in [3.63, 3.8) is 0 Å². The third-order valence-corrected chi connectivity index (χ3v) is 6.32. The van der Waals surface area contributed by atoms with Gasteiger partial charge in [0, 0.05) is 31.2 Å². The molecule has 0 saturated heterocycles. The van der Waals surface area contributed by atoms with Gasteiger partial charge < -0.3 is 10.4 Å². The van der Waals surface area contributed by atoms with Gasteiger partial charge in [-0.1, -0.05) is 0 Å². The standard InChI is InChI=1S/C20H28N2O5/c23-17-9-10-18(24)22(17)12-14-3-5-15(6-4-14)19(25)21-11-13-1-7-16(8-2-13)20(26)27/h9-10,13-16H,1-8,11-12H2,(H,21,25)(H,26,27)/t13?,14-,15-,16?. The van der Waals surface area contributed by atoms with Gasteiger partial charge in [-0.05, 0) is 63.2 Å². The molecule has 0 radical (unpaired) electrons. The summed E-state index contributed by atoms with van der Waals surface area (Å²) in [6.45, 7) is 1.08. The van der Waals surface area contributed by atoms with Gasteiger partial charge in [0.2, 0.25) is 5.91 Å². The number of nitrogens with one attached hydrogen (secondary N) is 1. The third-order valence-electron chi connectivity index (χ3n) is 6.32. The molecule has 0 bridgehead atoms. The Morgan fingerprint density at radius 1 is 0.889 bits per heavy atom. The van der Waals surface area contributed by atoms with Gasteiger partial charge in [-0.15, -0.1) is 0 Å². The second kappa shape index (κ2) is 8.67. The normalized spacial score (nSPS) is 31.2. The molecule has 0 atom stereocenters. The van der Waals surface area contributed by atoms with E-state index in [9.17, 15) is 19.2 Å². The molecule has 2 N–H and O–H groups in total. The van der Waals surface area contributed by atoms with Crippen LogP contribution < -0.4 is 5.32 Å². The molecule has 0 aromatic carbocycles. The first-order valence-corrected chi connectivity index (χ1v) is 9.98. The van der Waals surface area contributed by atoms with Gasteiger partial charge in [-0.3, -0.25) is 24.1 Å². The number of carbonyl (C=O) groups excluding carboxylic acids is 3. The fraction of sp³-hybridized carbons (Fsp3) is 0.700. The highest BCUT2D eigenvalue weighted by molar-refractivity contribution is 6.12. The highest BCUT2D eigenvalue weighted by atomic mass is 16.4. The Hall–Kier alpha value is -2.18. The van der Waals surface area contributed by atoms with Crippen molar-refractivity contribution in [2.24, 2.45) is 23.7 Å². The molecule has 7 nitrogen and oxygen atoms in total. The Balaban J connectivity index is 1.35. The topological polar surface area (TPSA) is 104 Å². The van der Waals surface area contributed by atoms with Crippen LogP contribution >= 0.6 is 0 Å². The minimum Gasteiger partial charge on any atom is -0.481 e. The van der Waals surface area contributed by atoms with Crippen molar-refractivity contribution in [3.05, 3.63) is 12.2 Å². The van der Waals surface area contributed by atoms with E-state index in [1.54, 1.807) is 0 Å². The van der Waals surface area contributed by atoms with Crippen LogP contribution in [-0.2, 0) is 19.2 Å². The van der Waals surface area contributed by atoms with E-state index in [0.717, 1.165) is 38.5 Å².